The highest BCUT2D eigenvalue weighted by atomic mass is 16.2. The minimum Gasteiger partial charge on any atom is -0.370 e. The number of anilines is 1. The van der Waals surface area contributed by atoms with Gasteiger partial charge in [0.25, 0.3) is 5.56 Å². The van der Waals surface area contributed by atoms with Gasteiger partial charge in [0.15, 0.2) is 0 Å². The van der Waals surface area contributed by atoms with Gasteiger partial charge in [-0.05, 0) is 25.7 Å². The molecule has 2 aliphatic rings. The van der Waals surface area contributed by atoms with E-state index < -0.39 is 0 Å². The Morgan fingerprint density at radius 2 is 2.00 bits per heavy atom. The van der Waals surface area contributed by atoms with Crippen LogP contribution in [0.1, 0.15) is 25.7 Å². The van der Waals surface area contributed by atoms with E-state index in [1.54, 1.807) is 19.3 Å². The molecule has 0 aromatic carbocycles. The topological polar surface area (TPSA) is 67.2 Å². The molecule has 0 radical (unpaired) electrons. The van der Waals surface area contributed by atoms with Gasteiger partial charge in [-0.1, -0.05) is 0 Å². The van der Waals surface area contributed by atoms with Gasteiger partial charge in [-0.2, -0.15) is 5.10 Å². The molecule has 6 nitrogen and oxygen atoms in total. The third-order valence-electron chi connectivity index (χ3n) is 4.11. The molecule has 0 spiro atoms. The summed E-state index contributed by atoms with van der Waals surface area (Å²) in [6.45, 7) is 1.61. The molecule has 6 heteroatoms. The van der Waals surface area contributed by atoms with E-state index in [0.29, 0.717) is 6.04 Å². The molecule has 1 saturated carbocycles. The Morgan fingerprint density at radius 3 is 2.60 bits per heavy atom. The first-order valence-electron chi connectivity index (χ1n) is 7.22. The highest BCUT2D eigenvalue weighted by molar-refractivity contribution is 5.79. The van der Waals surface area contributed by atoms with Gasteiger partial charge in [-0.25, -0.2) is 4.68 Å². The minimum absolute atomic E-state index is 0.101. The van der Waals surface area contributed by atoms with Gasteiger partial charge in [0, 0.05) is 38.2 Å². The van der Waals surface area contributed by atoms with Gasteiger partial charge < -0.3 is 10.2 Å². The van der Waals surface area contributed by atoms with Crippen LogP contribution in [-0.2, 0) is 11.8 Å². The van der Waals surface area contributed by atoms with Crippen LogP contribution in [0.25, 0.3) is 0 Å². The van der Waals surface area contributed by atoms with Crippen LogP contribution in [0.3, 0.4) is 0 Å². The molecule has 0 atom stereocenters. The predicted molar refractivity (Wildman–Crippen MR) is 75.6 cm³/mol. The standard InChI is InChI=1S/C14H20N4O2/c1-17-13(19)8-12(9-15-17)18-6-4-10(5-7-18)14(20)16-11-2-3-11/h8-11H,2-7H2,1H3,(H,16,20). The number of hydrogen-bond acceptors (Lipinski definition) is 4. The number of aryl methyl sites for hydroxylation is 1. The maximum atomic E-state index is 12.0. The Balaban J connectivity index is 1.58. The molecule has 1 N–H and O–H groups in total. The van der Waals surface area contributed by atoms with Crippen LogP contribution < -0.4 is 15.8 Å². The van der Waals surface area contributed by atoms with E-state index in [0.717, 1.165) is 44.5 Å². The van der Waals surface area contributed by atoms with Crippen LogP contribution in [0.15, 0.2) is 17.1 Å². The van der Waals surface area contributed by atoms with E-state index in [1.807, 2.05) is 0 Å². The summed E-state index contributed by atoms with van der Waals surface area (Å²) in [4.78, 5) is 25.7. The molecule has 0 bridgehead atoms. The fourth-order valence-corrected chi connectivity index (χ4v) is 2.58. The van der Waals surface area contributed by atoms with E-state index in [4.69, 9.17) is 0 Å². The number of carbonyl (C=O) groups excluding carboxylic acids is 1. The number of aromatic nitrogens is 2. The van der Waals surface area contributed by atoms with Crippen molar-refractivity contribution in [1.82, 2.24) is 15.1 Å². The molecule has 20 heavy (non-hydrogen) atoms. The normalized spacial score (nSPS) is 19.9. The number of rotatable bonds is 3. The van der Waals surface area contributed by atoms with Gasteiger partial charge in [-0.3, -0.25) is 9.59 Å². The van der Waals surface area contributed by atoms with Crippen LogP contribution in [0.4, 0.5) is 5.69 Å². The predicted octanol–water partition coefficient (Wildman–Crippen LogP) is 0.275. The first-order valence-corrected chi connectivity index (χ1v) is 7.22. The zero-order valence-electron chi connectivity index (χ0n) is 11.7. The fourth-order valence-electron chi connectivity index (χ4n) is 2.58. The van der Waals surface area contributed by atoms with Gasteiger partial charge >= 0.3 is 0 Å². The first kappa shape index (κ1) is 13.1. The lowest BCUT2D eigenvalue weighted by Gasteiger charge is -2.32. The molecule has 2 fully saturated rings. The Labute approximate surface area is 117 Å². The quantitative estimate of drug-likeness (QED) is 0.861. The van der Waals surface area contributed by atoms with Gasteiger partial charge in [0.05, 0.1) is 11.9 Å². The summed E-state index contributed by atoms with van der Waals surface area (Å²) in [7, 11) is 1.64. The molecule has 0 unspecified atom stereocenters. The lowest BCUT2D eigenvalue weighted by Crippen LogP contribution is -2.41. The van der Waals surface area contributed by atoms with Crippen molar-refractivity contribution in [2.24, 2.45) is 13.0 Å². The molecule has 1 aromatic rings. The largest absolute Gasteiger partial charge is 0.370 e. The molecule has 1 aliphatic carbocycles. The smallest absolute Gasteiger partial charge is 0.268 e. The van der Waals surface area contributed by atoms with E-state index in [9.17, 15) is 9.59 Å². The number of amides is 1. The van der Waals surface area contributed by atoms with Crippen molar-refractivity contribution in [3.8, 4) is 0 Å². The third-order valence-corrected chi connectivity index (χ3v) is 4.11. The fraction of sp³-hybridized carbons (Fsp3) is 0.643. The van der Waals surface area contributed by atoms with Crippen molar-refractivity contribution in [2.75, 3.05) is 18.0 Å². The zero-order valence-corrected chi connectivity index (χ0v) is 11.7. The Bertz CT molecular complexity index is 557. The molecule has 2 heterocycles. The Morgan fingerprint density at radius 1 is 1.30 bits per heavy atom. The maximum absolute atomic E-state index is 12.0. The van der Waals surface area contributed by atoms with Crippen molar-refractivity contribution in [1.29, 1.82) is 0 Å². The highest BCUT2D eigenvalue weighted by Gasteiger charge is 2.30. The Kier molecular flexibility index (Phi) is 3.46. The van der Waals surface area contributed by atoms with E-state index in [2.05, 4.69) is 15.3 Å². The summed E-state index contributed by atoms with van der Waals surface area (Å²) in [6, 6.07) is 2.04. The van der Waals surface area contributed by atoms with Crippen molar-refractivity contribution in [3.63, 3.8) is 0 Å². The lowest BCUT2D eigenvalue weighted by atomic mass is 9.95. The van der Waals surface area contributed by atoms with E-state index >= 15 is 0 Å². The van der Waals surface area contributed by atoms with Crippen molar-refractivity contribution >= 4 is 11.6 Å². The number of nitrogens with one attached hydrogen (secondary N) is 1. The Hall–Kier alpha value is -1.85. The molecule has 3 rings (SSSR count). The highest BCUT2D eigenvalue weighted by Crippen LogP contribution is 2.24. The minimum atomic E-state index is -0.101. The van der Waals surface area contributed by atoms with Crippen LogP contribution in [-0.4, -0.2) is 34.8 Å². The first-order chi connectivity index (χ1) is 9.63. The molecule has 108 valence electrons. The summed E-state index contributed by atoms with van der Waals surface area (Å²) < 4.78 is 1.32. The maximum Gasteiger partial charge on any atom is 0.268 e. The summed E-state index contributed by atoms with van der Waals surface area (Å²) in [5.74, 6) is 0.320. The summed E-state index contributed by atoms with van der Waals surface area (Å²) in [5.41, 5.74) is 0.755. The van der Waals surface area contributed by atoms with Crippen molar-refractivity contribution in [3.05, 3.63) is 22.6 Å². The molecule has 1 aliphatic heterocycles. The SMILES string of the molecule is Cn1ncc(N2CCC(C(=O)NC3CC3)CC2)cc1=O. The average molecular weight is 276 g/mol. The van der Waals surface area contributed by atoms with E-state index in [1.165, 1.54) is 4.68 Å². The van der Waals surface area contributed by atoms with Crippen LogP contribution >= 0.6 is 0 Å². The summed E-state index contributed by atoms with van der Waals surface area (Å²) in [5, 5.41) is 7.11. The summed E-state index contributed by atoms with van der Waals surface area (Å²) in [6.07, 6.45) is 5.65. The number of nitrogens with zero attached hydrogens (tertiary/aromatic N) is 3. The average Bonchev–Trinajstić information content (AvgIpc) is 3.26. The van der Waals surface area contributed by atoms with Gasteiger partial charge in [-0.15, -0.1) is 0 Å². The third kappa shape index (κ3) is 2.84. The number of hydrogen-bond donors (Lipinski definition) is 1. The second kappa shape index (κ2) is 5.26. The molecule has 1 saturated heterocycles. The van der Waals surface area contributed by atoms with Crippen LogP contribution in [0.5, 0.6) is 0 Å². The number of piperidine rings is 1. The molecular weight excluding hydrogens is 256 g/mol. The second-order valence-corrected chi connectivity index (χ2v) is 5.72. The lowest BCUT2D eigenvalue weighted by molar-refractivity contribution is -0.125. The van der Waals surface area contributed by atoms with E-state index in [-0.39, 0.29) is 17.4 Å². The monoisotopic (exact) mass is 276 g/mol. The summed E-state index contributed by atoms with van der Waals surface area (Å²) >= 11 is 0. The van der Waals surface area contributed by atoms with Crippen molar-refractivity contribution in [2.45, 2.75) is 31.7 Å². The van der Waals surface area contributed by atoms with Crippen molar-refractivity contribution < 1.29 is 4.79 Å². The molecule has 1 amide bonds. The zero-order chi connectivity index (χ0) is 14.1. The van der Waals surface area contributed by atoms with Crippen LogP contribution in [0.2, 0.25) is 0 Å². The number of carbonyl (C=O) groups is 1. The molecule has 1 aromatic heterocycles. The molecular formula is C14H20N4O2. The van der Waals surface area contributed by atoms with Crippen LogP contribution in [0, 0.1) is 5.92 Å². The van der Waals surface area contributed by atoms with Gasteiger partial charge in [0.2, 0.25) is 5.91 Å². The second-order valence-electron chi connectivity index (χ2n) is 5.72. The van der Waals surface area contributed by atoms with Gasteiger partial charge in [0.1, 0.15) is 0 Å².